The lowest BCUT2D eigenvalue weighted by molar-refractivity contribution is 0.123. The minimum Gasteiger partial charge on any atom is -0.368 e. The van der Waals surface area contributed by atoms with Crippen LogP contribution in [-0.2, 0) is 22.1 Å². The minimum atomic E-state index is -5.46. The van der Waals surface area contributed by atoms with Crippen molar-refractivity contribution in [1.29, 1.82) is 0 Å². The third kappa shape index (κ3) is 4.62. The number of benzene rings is 1. The van der Waals surface area contributed by atoms with Crippen molar-refractivity contribution in [3.05, 3.63) is 47.3 Å². The molecule has 1 heterocycles. The molecule has 0 saturated heterocycles. The van der Waals surface area contributed by atoms with Gasteiger partial charge in [0.2, 0.25) is 0 Å². The lowest BCUT2D eigenvalue weighted by Crippen LogP contribution is -2.29. The average Bonchev–Trinajstić information content (AvgIpc) is 2.92. The maximum absolute atomic E-state index is 11.3. The molecule has 0 saturated carbocycles. The van der Waals surface area contributed by atoms with Gasteiger partial charge in [0, 0.05) is 12.6 Å². The molecular formula is C13H19N3O7P2. The molecule has 0 atom stereocenters. The molecule has 1 aromatic carbocycles. The Morgan fingerprint density at radius 3 is 2.16 bits per heavy atom. The third-order valence-corrected chi connectivity index (χ3v) is 7.58. The lowest BCUT2D eigenvalue weighted by Gasteiger charge is -2.28. The monoisotopic (exact) mass is 391 g/mol. The van der Waals surface area contributed by atoms with Crippen molar-refractivity contribution >= 4 is 15.2 Å². The zero-order valence-corrected chi connectivity index (χ0v) is 15.1. The van der Waals surface area contributed by atoms with E-state index < -0.39 is 26.7 Å². The van der Waals surface area contributed by atoms with Crippen LogP contribution in [0.25, 0.3) is 0 Å². The molecule has 10 nitrogen and oxygen atoms in total. The quantitative estimate of drug-likeness (QED) is 0.424. The topological polar surface area (TPSA) is 166 Å². The molecule has 0 radical (unpaired) electrons. The van der Waals surface area contributed by atoms with Gasteiger partial charge in [-0.05, 0) is 18.9 Å². The summed E-state index contributed by atoms with van der Waals surface area (Å²) in [7, 11) is -10.9. The van der Waals surface area contributed by atoms with Gasteiger partial charge >= 0.3 is 15.2 Å². The molecule has 138 valence electrons. The zero-order chi connectivity index (χ0) is 18.9. The summed E-state index contributed by atoms with van der Waals surface area (Å²) in [5.74, 6) is 0. The van der Waals surface area contributed by atoms with Gasteiger partial charge in [0.15, 0.2) is 0 Å². The number of hydrogen-bond acceptors (Lipinski definition) is 5. The summed E-state index contributed by atoms with van der Waals surface area (Å²) in [5.41, 5.74) is 2.31. The first-order chi connectivity index (χ1) is 11.4. The van der Waals surface area contributed by atoms with Crippen LogP contribution in [-0.4, -0.2) is 44.8 Å². The Hall–Kier alpha value is -1.38. The molecule has 2 rings (SSSR count). The molecule has 0 fully saturated rings. The molecule has 25 heavy (non-hydrogen) atoms. The molecule has 0 spiro atoms. The van der Waals surface area contributed by atoms with Crippen molar-refractivity contribution in [3.63, 3.8) is 0 Å². The van der Waals surface area contributed by atoms with Crippen LogP contribution in [0.15, 0.2) is 30.5 Å². The van der Waals surface area contributed by atoms with E-state index >= 15 is 0 Å². The van der Waals surface area contributed by atoms with Crippen molar-refractivity contribution in [1.82, 2.24) is 15.0 Å². The van der Waals surface area contributed by atoms with Crippen molar-refractivity contribution in [2.75, 3.05) is 0 Å². The number of aliphatic hydroxyl groups is 1. The van der Waals surface area contributed by atoms with Crippen LogP contribution in [0, 0.1) is 6.92 Å². The minimum absolute atomic E-state index is 0.243. The second-order valence-electron chi connectivity index (χ2n) is 5.76. The maximum atomic E-state index is 11.3. The second kappa shape index (κ2) is 7.09. The number of rotatable bonds is 7. The van der Waals surface area contributed by atoms with E-state index in [0.717, 1.165) is 11.1 Å². The first kappa shape index (κ1) is 19.9. The van der Waals surface area contributed by atoms with Gasteiger partial charge in [-0.1, -0.05) is 35.0 Å². The molecule has 0 bridgehead atoms. The van der Waals surface area contributed by atoms with Gasteiger partial charge in [-0.3, -0.25) is 9.13 Å². The Kier molecular flexibility index (Phi) is 5.65. The smallest absolute Gasteiger partial charge is 0.368 e. The van der Waals surface area contributed by atoms with E-state index in [-0.39, 0.29) is 12.1 Å². The second-order valence-corrected chi connectivity index (χ2v) is 9.76. The van der Waals surface area contributed by atoms with Crippen LogP contribution in [0.1, 0.15) is 23.2 Å². The van der Waals surface area contributed by atoms with Gasteiger partial charge in [-0.25, -0.2) is 4.68 Å². The van der Waals surface area contributed by atoms with Gasteiger partial charge in [0.05, 0.1) is 12.2 Å². The zero-order valence-electron chi connectivity index (χ0n) is 13.3. The molecule has 12 heteroatoms. The Morgan fingerprint density at radius 2 is 1.64 bits per heavy atom. The molecular weight excluding hydrogens is 372 g/mol. The standard InChI is InChI=1S/C13H19N3O7P2/c1-10-2-4-11(5-3-10)8-16-9-12(14-15-16)6-7-13(17,24(18,19)20)25(21,22)23/h2-5,9,17H,6-8H2,1H3,(H2,18,19,20)(H2,21,22,23). The Morgan fingerprint density at radius 1 is 1.08 bits per heavy atom. The van der Waals surface area contributed by atoms with E-state index in [9.17, 15) is 14.2 Å². The predicted molar refractivity (Wildman–Crippen MR) is 87.7 cm³/mol. The normalized spacial score (nSPS) is 13.2. The van der Waals surface area contributed by atoms with Gasteiger partial charge in [0.1, 0.15) is 0 Å². The molecule has 1 aromatic heterocycles. The Balaban J connectivity index is 2.09. The lowest BCUT2D eigenvalue weighted by atomic mass is 10.1. The highest BCUT2D eigenvalue weighted by molar-refractivity contribution is 7.72. The van der Waals surface area contributed by atoms with Gasteiger partial charge in [-0.2, -0.15) is 0 Å². The Bertz CT molecular complexity index is 802. The van der Waals surface area contributed by atoms with Crippen molar-refractivity contribution in [2.24, 2.45) is 0 Å². The van der Waals surface area contributed by atoms with E-state index in [1.54, 1.807) is 0 Å². The number of hydrogen-bond donors (Lipinski definition) is 5. The number of nitrogens with zero attached hydrogens (tertiary/aromatic N) is 3. The highest BCUT2D eigenvalue weighted by atomic mass is 31.2. The maximum Gasteiger partial charge on any atom is 0.369 e. The van der Waals surface area contributed by atoms with Gasteiger partial charge < -0.3 is 24.7 Å². The number of aryl methyl sites for hydroxylation is 2. The summed E-state index contributed by atoms with van der Waals surface area (Å²) in [4.78, 5) is 36.4. The fraction of sp³-hybridized carbons (Fsp3) is 0.385. The first-order valence-electron chi connectivity index (χ1n) is 7.20. The van der Waals surface area contributed by atoms with E-state index in [4.69, 9.17) is 19.6 Å². The molecule has 5 N–H and O–H groups in total. The van der Waals surface area contributed by atoms with E-state index in [1.807, 2.05) is 31.2 Å². The average molecular weight is 391 g/mol. The summed E-state index contributed by atoms with van der Waals surface area (Å²) < 4.78 is 24.1. The van der Waals surface area contributed by atoms with Crippen LogP contribution in [0.5, 0.6) is 0 Å². The predicted octanol–water partition coefficient (Wildman–Crippen LogP) is 0.569. The Labute approximate surface area is 143 Å². The first-order valence-corrected chi connectivity index (χ1v) is 10.4. The summed E-state index contributed by atoms with van der Waals surface area (Å²) in [5, 5.41) is 14.0. The van der Waals surface area contributed by atoms with Gasteiger partial charge in [-0.15, -0.1) is 5.10 Å². The third-order valence-electron chi connectivity index (χ3n) is 3.70. The van der Waals surface area contributed by atoms with Crippen LogP contribution in [0.2, 0.25) is 0 Å². The number of aromatic nitrogens is 3. The van der Waals surface area contributed by atoms with Crippen LogP contribution >= 0.6 is 15.2 Å². The highest BCUT2D eigenvalue weighted by Crippen LogP contribution is 2.69. The van der Waals surface area contributed by atoms with Crippen molar-refractivity contribution < 1.29 is 33.8 Å². The van der Waals surface area contributed by atoms with Crippen molar-refractivity contribution in [3.8, 4) is 0 Å². The summed E-state index contributed by atoms with van der Waals surface area (Å²) in [6, 6.07) is 7.70. The van der Waals surface area contributed by atoms with Crippen LogP contribution < -0.4 is 0 Å². The molecule has 0 aliphatic carbocycles. The van der Waals surface area contributed by atoms with Crippen molar-refractivity contribution in [2.45, 2.75) is 31.4 Å². The summed E-state index contributed by atoms with van der Waals surface area (Å²) in [6.45, 7) is 2.37. The van der Waals surface area contributed by atoms with E-state index in [2.05, 4.69) is 10.3 Å². The summed E-state index contributed by atoms with van der Waals surface area (Å²) in [6.07, 6.45) is 0.366. The molecule has 0 aliphatic heterocycles. The fourth-order valence-electron chi connectivity index (χ4n) is 2.17. The highest BCUT2D eigenvalue weighted by Gasteiger charge is 2.58. The van der Waals surface area contributed by atoms with E-state index in [0.29, 0.717) is 6.54 Å². The largest absolute Gasteiger partial charge is 0.369 e. The fourth-order valence-corrected chi connectivity index (χ4v) is 4.33. The van der Waals surface area contributed by atoms with Crippen LogP contribution in [0.4, 0.5) is 0 Å². The summed E-state index contributed by atoms with van der Waals surface area (Å²) >= 11 is 0. The molecule has 0 unspecified atom stereocenters. The SMILES string of the molecule is Cc1ccc(Cn2cc(CCC(O)(P(=O)(O)O)P(=O)(O)O)nn2)cc1. The molecule has 0 amide bonds. The van der Waals surface area contributed by atoms with E-state index in [1.165, 1.54) is 10.9 Å². The molecule has 2 aromatic rings. The van der Waals surface area contributed by atoms with Crippen LogP contribution in [0.3, 0.4) is 0 Å². The van der Waals surface area contributed by atoms with Gasteiger partial charge in [0.25, 0.3) is 5.08 Å². The molecule has 0 aliphatic rings.